The maximum absolute atomic E-state index is 14.5. The first-order chi connectivity index (χ1) is 17.2. The highest BCUT2D eigenvalue weighted by molar-refractivity contribution is 6.30. The molecular weight excluding hydrogens is 511 g/mol. The van der Waals surface area contributed by atoms with E-state index in [2.05, 4.69) is 25.2 Å². The molecule has 2 aromatic heterocycles. The summed E-state index contributed by atoms with van der Waals surface area (Å²) in [6, 6.07) is 2.00. The number of fused-ring (bicyclic) bond motifs is 1. The van der Waals surface area contributed by atoms with Crippen molar-refractivity contribution in [1.29, 1.82) is 0 Å². The molecule has 1 aliphatic heterocycles. The van der Waals surface area contributed by atoms with Crippen molar-refractivity contribution in [1.82, 2.24) is 24.4 Å². The van der Waals surface area contributed by atoms with E-state index in [0.29, 0.717) is 37.6 Å². The second-order valence-electron chi connectivity index (χ2n) is 8.17. The average molecular weight is 535 g/mol. The highest BCUT2D eigenvalue weighted by Crippen LogP contribution is 2.26. The fourth-order valence-electron chi connectivity index (χ4n) is 3.71. The molecule has 0 unspecified atom stereocenters. The number of benzene rings is 1. The van der Waals surface area contributed by atoms with Crippen molar-refractivity contribution >= 4 is 28.6 Å². The number of nitrogens with one attached hydrogen (secondary N) is 1. The summed E-state index contributed by atoms with van der Waals surface area (Å²) in [5.74, 6) is -1.40. The fourth-order valence-corrected chi connectivity index (χ4v) is 3.88. The molecule has 0 aliphatic carbocycles. The SMILES string of the molecule is Fc1ccc(Cl)c(F)c1Cn1cnc2c(NCCN3CCOCC3)nc(OCCCC(F)(F)F)nc21. The number of alkyl halides is 3. The minimum atomic E-state index is -4.30. The summed E-state index contributed by atoms with van der Waals surface area (Å²) in [5.41, 5.74) is 0.237. The maximum Gasteiger partial charge on any atom is 0.389 e. The number of morpholine rings is 1. The highest BCUT2D eigenvalue weighted by atomic mass is 35.5. The van der Waals surface area contributed by atoms with Crippen LogP contribution in [0.4, 0.5) is 27.8 Å². The van der Waals surface area contributed by atoms with Gasteiger partial charge in [0.05, 0.1) is 37.7 Å². The van der Waals surface area contributed by atoms with Gasteiger partial charge in [-0.05, 0) is 18.6 Å². The molecule has 1 fully saturated rings. The predicted molar refractivity (Wildman–Crippen MR) is 122 cm³/mol. The molecule has 4 rings (SSSR count). The Balaban J connectivity index is 1.57. The molecule has 3 heterocycles. The van der Waals surface area contributed by atoms with Crippen LogP contribution in [-0.4, -0.2) is 76.6 Å². The second kappa shape index (κ2) is 11.5. The van der Waals surface area contributed by atoms with E-state index in [-0.39, 0.29) is 41.8 Å². The molecular formula is C22H24ClF5N6O2. The van der Waals surface area contributed by atoms with Crippen molar-refractivity contribution in [2.24, 2.45) is 0 Å². The van der Waals surface area contributed by atoms with Gasteiger partial charge >= 0.3 is 12.2 Å². The van der Waals surface area contributed by atoms with Crippen LogP contribution in [-0.2, 0) is 11.3 Å². The van der Waals surface area contributed by atoms with Gasteiger partial charge in [-0.2, -0.15) is 23.1 Å². The van der Waals surface area contributed by atoms with Gasteiger partial charge in [0.1, 0.15) is 11.6 Å². The first-order valence-electron chi connectivity index (χ1n) is 11.3. The Labute approximate surface area is 208 Å². The maximum atomic E-state index is 14.5. The third-order valence-corrected chi connectivity index (χ3v) is 5.86. The van der Waals surface area contributed by atoms with Crippen molar-refractivity contribution in [3.05, 3.63) is 40.7 Å². The Hall–Kier alpha value is -2.77. The van der Waals surface area contributed by atoms with Crippen LogP contribution in [0.3, 0.4) is 0 Å². The van der Waals surface area contributed by atoms with E-state index in [1.807, 2.05) is 0 Å². The van der Waals surface area contributed by atoms with E-state index in [9.17, 15) is 22.0 Å². The molecule has 196 valence electrons. The largest absolute Gasteiger partial charge is 0.463 e. The van der Waals surface area contributed by atoms with Gasteiger partial charge in [0.2, 0.25) is 0 Å². The second-order valence-corrected chi connectivity index (χ2v) is 8.58. The number of hydrogen-bond donors (Lipinski definition) is 1. The number of anilines is 1. The number of imidazole rings is 1. The first kappa shape index (κ1) is 26.3. The first-order valence-corrected chi connectivity index (χ1v) is 11.7. The quantitative estimate of drug-likeness (QED) is 0.236. The van der Waals surface area contributed by atoms with Crippen LogP contribution in [0.1, 0.15) is 18.4 Å². The van der Waals surface area contributed by atoms with Crippen molar-refractivity contribution < 1.29 is 31.4 Å². The molecule has 14 heteroatoms. The number of rotatable bonds is 10. The molecule has 1 aromatic carbocycles. The zero-order valence-electron chi connectivity index (χ0n) is 19.1. The summed E-state index contributed by atoms with van der Waals surface area (Å²) in [6.45, 7) is 3.53. The Morgan fingerprint density at radius 3 is 2.67 bits per heavy atom. The lowest BCUT2D eigenvalue weighted by Gasteiger charge is -2.26. The molecule has 0 spiro atoms. The molecule has 0 atom stereocenters. The van der Waals surface area contributed by atoms with Crippen LogP contribution < -0.4 is 10.1 Å². The predicted octanol–water partition coefficient (Wildman–Crippen LogP) is 4.27. The van der Waals surface area contributed by atoms with Crippen LogP contribution in [0, 0.1) is 11.6 Å². The standard InChI is InChI=1S/C22H24ClF5N6O2/c23-15-2-3-16(24)14(17(15)25)12-34-13-30-18-19(29-5-6-33-7-10-35-11-8-33)31-21(32-20(18)34)36-9-1-4-22(26,27)28/h2-3,13H,1,4-12H2,(H,29,31,32). The van der Waals surface area contributed by atoms with Gasteiger partial charge in [-0.15, -0.1) is 0 Å². The van der Waals surface area contributed by atoms with Gasteiger partial charge in [-0.1, -0.05) is 11.6 Å². The topological polar surface area (TPSA) is 77.3 Å². The molecule has 0 radical (unpaired) electrons. The molecule has 1 N–H and O–H groups in total. The Kier molecular flexibility index (Phi) is 8.42. The minimum absolute atomic E-state index is 0.174. The molecule has 0 amide bonds. The summed E-state index contributed by atoms with van der Waals surface area (Å²) in [5, 5.41) is 2.93. The summed E-state index contributed by atoms with van der Waals surface area (Å²) >= 11 is 5.80. The Morgan fingerprint density at radius 1 is 1.14 bits per heavy atom. The van der Waals surface area contributed by atoms with Crippen LogP contribution in [0.15, 0.2) is 18.5 Å². The lowest BCUT2D eigenvalue weighted by molar-refractivity contribution is -0.136. The van der Waals surface area contributed by atoms with Crippen LogP contribution in [0.2, 0.25) is 5.02 Å². The van der Waals surface area contributed by atoms with Crippen LogP contribution >= 0.6 is 11.6 Å². The summed E-state index contributed by atoms with van der Waals surface area (Å²) in [7, 11) is 0. The Morgan fingerprint density at radius 2 is 1.92 bits per heavy atom. The number of nitrogens with zero attached hydrogens (tertiary/aromatic N) is 5. The monoisotopic (exact) mass is 534 g/mol. The molecule has 3 aromatic rings. The van der Waals surface area contributed by atoms with Crippen molar-refractivity contribution in [2.45, 2.75) is 25.6 Å². The van der Waals surface area contributed by atoms with Crippen molar-refractivity contribution in [2.75, 3.05) is 51.3 Å². The highest BCUT2D eigenvalue weighted by Gasteiger charge is 2.26. The third-order valence-electron chi connectivity index (χ3n) is 5.57. The molecule has 8 nitrogen and oxygen atoms in total. The number of ether oxygens (including phenoxy) is 2. The molecule has 0 bridgehead atoms. The number of hydrogen-bond acceptors (Lipinski definition) is 7. The third kappa shape index (κ3) is 6.71. The van der Waals surface area contributed by atoms with Crippen molar-refractivity contribution in [3.63, 3.8) is 0 Å². The van der Waals surface area contributed by atoms with Gasteiger partial charge in [0.25, 0.3) is 0 Å². The summed E-state index contributed by atoms with van der Waals surface area (Å²) in [6.07, 6.45) is -4.24. The van der Waals surface area contributed by atoms with Crippen molar-refractivity contribution in [3.8, 4) is 6.01 Å². The number of aromatic nitrogens is 4. The van der Waals surface area contributed by atoms with Gasteiger partial charge in [-0.3, -0.25) is 4.90 Å². The Bertz CT molecular complexity index is 1190. The zero-order valence-corrected chi connectivity index (χ0v) is 19.9. The van der Waals surface area contributed by atoms with E-state index in [4.69, 9.17) is 21.1 Å². The minimum Gasteiger partial charge on any atom is -0.463 e. The average Bonchev–Trinajstić information content (AvgIpc) is 3.25. The van der Waals surface area contributed by atoms with Gasteiger partial charge in [0.15, 0.2) is 17.0 Å². The number of halogens is 6. The van der Waals surface area contributed by atoms with Gasteiger partial charge in [-0.25, -0.2) is 13.8 Å². The van der Waals surface area contributed by atoms with E-state index in [1.165, 1.54) is 10.9 Å². The lowest BCUT2D eigenvalue weighted by atomic mass is 10.2. The summed E-state index contributed by atoms with van der Waals surface area (Å²) in [4.78, 5) is 15.0. The van der Waals surface area contributed by atoms with Gasteiger partial charge in [0, 0.05) is 38.2 Å². The van der Waals surface area contributed by atoms with E-state index >= 15 is 0 Å². The van der Waals surface area contributed by atoms with Crippen LogP contribution in [0.5, 0.6) is 6.01 Å². The smallest absolute Gasteiger partial charge is 0.389 e. The van der Waals surface area contributed by atoms with E-state index < -0.39 is 24.2 Å². The normalized spacial score (nSPS) is 14.9. The van der Waals surface area contributed by atoms with Crippen LogP contribution in [0.25, 0.3) is 11.2 Å². The van der Waals surface area contributed by atoms with Gasteiger partial charge < -0.3 is 19.4 Å². The van der Waals surface area contributed by atoms with E-state index in [1.54, 1.807) is 0 Å². The molecule has 0 saturated carbocycles. The molecule has 36 heavy (non-hydrogen) atoms. The lowest BCUT2D eigenvalue weighted by Crippen LogP contribution is -2.39. The molecule has 1 aliphatic rings. The summed E-state index contributed by atoms with van der Waals surface area (Å²) < 4.78 is 78.3. The zero-order chi connectivity index (χ0) is 25.7. The van der Waals surface area contributed by atoms with E-state index in [0.717, 1.165) is 25.2 Å². The molecule has 1 saturated heterocycles. The fraction of sp³-hybridized carbons (Fsp3) is 0.500.